The first-order valence-corrected chi connectivity index (χ1v) is 12.4. The third-order valence-corrected chi connectivity index (χ3v) is 8.35. The van der Waals surface area contributed by atoms with Gasteiger partial charge in [-0.05, 0) is 19.4 Å². The number of carbonyl (C=O) groups excluding carboxylic acids is 1. The van der Waals surface area contributed by atoms with E-state index in [4.69, 9.17) is 15.2 Å². The Kier molecular flexibility index (Phi) is 6.34. The number of benzene rings is 1. The zero-order chi connectivity index (χ0) is 26.6. The van der Waals surface area contributed by atoms with E-state index >= 15 is 4.39 Å². The molecule has 0 unspecified atom stereocenters. The number of nitrogens with two attached hydrogens (primary N) is 1. The number of hydrogen-bond donors (Lipinski definition) is 2. The predicted octanol–water partition coefficient (Wildman–Crippen LogP) is 4.11. The molecule has 198 valence electrons. The predicted molar refractivity (Wildman–Crippen MR) is 129 cm³/mol. The summed E-state index contributed by atoms with van der Waals surface area (Å²) in [6.07, 6.45) is 2.54. The molecule has 0 spiro atoms. The van der Waals surface area contributed by atoms with E-state index in [1.165, 1.54) is 24.0 Å². The number of ether oxygens (including phenoxy) is 2. The number of aliphatic imine (C=N–C) groups is 1. The maximum atomic E-state index is 15.0. The third-order valence-electron chi connectivity index (χ3n) is 7.08. The molecule has 1 amide bonds. The number of nitrogens with one attached hydrogen (secondary N) is 1. The van der Waals surface area contributed by atoms with Gasteiger partial charge in [0.25, 0.3) is 5.91 Å². The summed E-state index contributed by atoms with van der Waals surface area (Å²) in [4.78, 5) is 25.2. The number of rotatable bonds is 8. The van der Waals surface area contributed by atoms with Gasteiger partial charge in [0, 0.05) is 49.1 Å². The molecule has 3 aliphatic rings. The van der Waals surface area contributed by atoms with Crippen molar-refractivity contribution in [2.75, 3.05) is 25.6 Å². The largest absolute Gasteiger partial charge is 0.476 e. The van der Waals surface area contributed by atoms with Crippen LogP contribution in [0.15, 0.2) is 29.5 Å². The Morgan fingerprint density at radius 3 is 2.62 bits per heavy atom. The van der Waals surface area contributed by atoms with Crippen molar-refractivity contribution in [3.05, 3.63) is 47.4 Å². The highest BCUT2D eigenvalue weighted by atomic mass is 32.2. The number of aromatic nitrogens is 2. The lowest BCUT2D eigenvalue weighted by Crippen LogP contribution is -2.38. The van der Waals surface area contributed by atoms with Crippen molar-refractivity contribution in [2.24, 2.45) is 22.6 Å². The number of alkyl halides is 2. The van der Waals surface area contributed by atoms with Crippen LogP contribution in [-0.2, 0) is 10.3 Å². The second-order valence-corrected chi connectivity index (χ2v) is 11.3. The lowest BCUT2D eigenvalue weighted by atomic mass is 9.82. The van der Waals surface area contributed by atoms with Crippen molar-refractivity contribution < 1.29 is 31.8 Å². The standard InChI is InChI=1S/C24H25F4N5O3S/c1-22(17-7-23(17,11-35-2)37-21(29)33-22)14-3-13(4-15(25)19(14)26)32-20(34)16-8-31-18(9-30-16)36-10-12-5-24(27,28)6-12/h3-4,8-9,12,17H,5-7,10-11H2,1-2H3,(H2,29,33)(H,32,34)/t17-,22-,23+/m0/s1. The molecule has 3 N–H and O–H groups in total. The highest BCUT2D eigenvalue weighted by Gasteiger charge is 2.66. The van der Waals surface area contributed by atoms with Gasteiger partial charge in [-0.1, -0.05) is 11.8 Å². The average Bonchev–Trinajstić information content (AvgIpc) is 3.53. The van der Waals surface area contributed by atoms with Crippen LogP contribution >= 0.6 is 11.8 Å². The molecule has 2 fully saturated rings. The number of methoxy groups -OCH3 is 1. The molecule has 1 aromatic carbocycles. The minimum absolute atomic E-state index is 0.0122. The minimum atomic E-state index is -2.64. The van der Waals surface area contributed by atoms with Gasteiger partial charge in [0.15, 0.2) is 16.8 Å². The van der Waals surface area contributed by atoms with E-state index in [1.807, 2.05) is 0 Å². The van der Waals surface area contributed by atoms with Gasteiger partial charge in [-0.2, -0.15) is 0 Å². The Morgan fingerprint density at radius 2 is 1.97 bits per heavy atom. The number of carbonyl (C=O) groups is 1. The number of nitrogens with zero attached hydrogens (tertiary/aromatic N) is 3. The number of hydrogen-bond acceptors (Lipinski definition) is 8. The zero-order valence-electron chi connectivity index (χ0n) is 20.1. The van der Waals surface area contributed by atoms with E-state index in [0.29, 0.717) is 13.0 Å². The van der Waals surface area contributed by atoms with E-state index < -0.39 is 29.0 Å². The fourth-order valence-electron chi connectivity index (χ4n) is 5.17. The molecular formula is C24H25F4N5O3S. The van der Waals surface area contributed by atoms with Crippen LogP contribution in [-0.4, -0.2) is 52.0 Å². The lowest BCUT2D eigenvalue weighted by Gasteiger charge is -2.34. The van der Waals surface area contributed by atoms with Gasteiger partial charge in [-0.25, -0.2) is 27.5 Å². The fraction of sp³-hybridized carbons (Fsp3) is 0.500. The molecule has 37 heavy (non-hydrogen) atoms. The van der Waals surface area contributed by atoms with Crippen LogP contribution < -0.4 is 15.8 Å². The van der Waals surface area contributed by atoms with Crippen LogP contribution in [0.2, 0.25) is 0 Å². The number of amides is 1. The molecule has 0 saturated heterocycles. The van der Waals surface area contributed by atoms with Crippen molar-refractivity contribution in [2.45, 2.75) is 42.4 Å². The van der Waals surface area contributed by atoms with E-state index in [9.17, 15) is 18.0 Å². The van der Waals surface area contributed by atoms with Gasteiger partial charge in [-0.15, -0.1) is 0 Å². The van der Waals surface area contributed by atoms with Crippen molar-refractivity contribution >= 4 is 28.5 Å². The Bertz CT molecular complexity index is 1260. The molecule has 2 aliphatic carbocycles. The first-order valence-electron chi connectivity index (χ1n) is 11.6. The van der Waals surface area contributed by atoms with Gasteiger partial charge in [0.1, 0.15) is 5.69 Å². The quantitative estimate of drug-likeness (QED) is 0.486. The fourth-order valence-corrected chi connectivity index (χ4v) is 6.62. The Morgan fingerprint density at radius 1 is 1.22 bits per heavy atom. The molecule has 3 atom stereocenters. The number of halogens is 4. The van der Waals surface area contributed by atoms with Crippen molar-refractivity contribution in [3.8, 4) is 5.88 Å². The first kappa shape index (κ1) is 25.7. The molecule has 5 rings (SSSR count). The normalized spacial score (nSPS) is 28.1. The van der Waals surface area contributed by atoms with E-state index in [0.717, 1.165) is 12.3 Å². The Hall–Kier alpha value is -2.93. The monoisotopic (exact) mass is 539 g/mol. The van der Waals surface area contributed by atoms with Gasteiger partial charge < -0.3 is 20.5 Å². The van der Waals surface area contributed by atoms with Crippen molar-refractivity contribution in [1.82, 2.24) is 9.97 Å². The maximum Gasteiger partial charge on any atom is 0.275 e. The van der Waals surface area contributed by atoms with Gasteiger partial charge in [0.2, 0.25) is 11.8 Å². The highest BCUT2D eigenvalue weighted by Crippen LogP contribution is 2.66. The number of amidine groups is 1. The minimum Gasteiger partial charge on any atom is -0.476 e. The van der Waals surface area contributed by atoms with Crippen LogP contribution in [0.5, 0.6) is 5.88 Å². The van der Waals surface area contributed by atoms with Crippen LogP contribution in [0.3, 0.4) is 0 Å². The van der Waals surface area contributed by atoms with Crippen LogP contribution in [0, 0.1) is 23.5 Å². The molecule has 2 heterocycles. The summed E-state index contributed by atoms with van der Waals surface area (Å²) in [5, 5.41) is 2.77. The Balaban J connectivity index is 1.30. The lowest BCUT2D eigenvalue weighted by molar-refractivity contribution is -0.119. The maximum absolute atomic E-state index is 15.0. The van der Waals surface area contributed by atoms with E-state index in [2.05, 4.69) is 20.3 Å². The molecule has 0 radical (unpaired) electrons. The second-order valence-electron chi connectivity index (χ2n) is 9.91. The molecule has 2 saturated carbocycles. The summed E-state index contributed by atoms with van der Waals surface area (Å²) in [6.45, 7) is 2.16. The summed E-state index contributed by atoms with van der Waals surface area (Å²) in [5.41, 5.74) is 4.79. The molecule has 8 nitrogen and oxygen atoms in total. The van der Waals surface area contributed by atoms with Gasteiger partial charge >= 0.3 is 0 Å². The smallest absolute Gasteiger partial charge is 0.275 e. The van der Waals surface area contributed by atoms with Crippen molar-refractivity contribution in [1.29, 1.82) is 0 Å². The summed E-state index contributed by atoms with van der Waals surface area (Å²) in [6, 6.07) is 2.22. The zero-order valence-corrected chi connectivity index (χ0v) is 20.9. The number of fused-ring (bicyclic) bond motifs is 1. The number of thioether (sulfide) groups is 1. The number of anilines is 1. The van der Waals surface area contributed by atoms with E-state index in [1.54, 1.807) is 14.0 Å². The molecule has 1 aliphatic heterocycles. The summed E-state index contributed by atoms with van der Waals surface area (Å²) in [5.74, 6) is -5.86. The summed E-state index contributed by atoms with van der Waals surface area (Å²) in [7, 11) is 1.57. The van der Waals surface area contributed by atoms with Crippen LogP contribution in [0.4, 0.5) is 23.2 Å². The second kappa shape index (κ2) is 9.12. The van der Waals surface area contributed by atoms with Crippen LogP contribution in [0.1, 0.15) is 42.2 Å². The highest BCUT2D eigenvalue weighted by molar-refractivity contribution is 8.15. The SMILES string of the molecule is COC[C@]12C[C@H]1[C@](C)(c1cc(NC(=O)c3cnc(OCC4CC(F)(F)C4)cn3)cc(F)c1F)N=C(N)S2. The molecule has 1 aromatic heterocycles. The molecular weight excluding hydrogens is 514 g/mol. The third kappa shape index (κ3) is 4.86. The summed E-state index contributed by atoms with van der Waals surface area (Å²) < 4.78 is 65.9. The van der Waals surface area contributed by atoms with Gasteiger partial charge in [0.05, 0.1) is 35.9 Å². The molecule has 2 aromatic rings. The van der Waals surface area contributed by atoms with Crippen LogP contribution in [0.25, 0.3) is 0 Å². The van der Waals surface area contributed by atoms with Crippen molar-refractivity contribution in [3.63, 3.8) is 0 Å². The summed E-state index contributed by atoms with van der Waals surface area (Å²) >= 11 is 1.37. The Labute approximate surface area is 214 Å². The van der Waals surface area contributed by atoms with Gasteiger partial charge in [-0.3, -0.25) is 9.79 Å². The molecule has 0 bridgehead atoms. The molecule has 13 heteroatoms. The average molecular weight is 540 g/mol. The first-order chi connectivity index (χ1) is 17.4. The topological polar surface area (TPSA) is 112 Å². The van der Waals surface area contributed by atoms with E-state index in [-0.39, 0.29) is 64.0 Å².